The van der Waals surface area contributed by atoms with E-state index in [0.29, 0.717) is 33.9 Å². The number of benzene rings is 2. The van der Waals surface area contributed by atoms with Crippen molar-refractivity contribution in [3.8, 4) is 5.75 Å². The van der Waals surface area contributed by atoms with Crippen molar-refractivity contribution >= 4 is 34.5 Å². The first-order valence-corrected chi connectivity index (χ1v) is 9.88. The minimum atomic E-state index is -0.143. The largest absolute Gasteiger partial charge is 0.486 e. The number of anilines is 1. The van der Waals surface area contributed by atoms with E-state index in [1.807, 2.05) is 31.2 Å². The molecule has 2 aromatic carbocycles. The zero-order chi connectivity index (χ0) is 19.4. The summed E-state index contributed by atoms with van der Waals surface area (Å²) in [6, 6.07) is 15.0. The molecule has 3 aromatic rings. The van der Waals surface area contributed by atoms with E-state index >= 15 is 0 Å². The number of hydrogen-bond donors (Lipinski definition) is 1. The fourth-order valence-corrected chi connectivity index (χ4v) is 3.69. The van der Waals surface area contributed by atoms with Crippen molar-refractivity contribution in [3.63, 3.8) is 0 Å². The number of para-hydroxylation sites is 1. The van der Waals surface area contributed by atoms with Gasteiger partial charge in [-0.15, -0.1) is 11.3 Å². The summed E-state index contributed by atoms with van der Waals surface area (Å²) in [7, 11) is 0. The van der Waals surface area contributed by atoms with Gasteiger partial charge in [0.25, 0.3) is 5.91 Å². The average molecular weight is 401 g/mol. The number of rotatable bonds is 6. The van der Waals surface area contributed by atoms with Gasteiger partial charge in [-0.05, 0) is 48.7 Å². The fourth-order valence-electron chi connectivity index (χ4n) is 2.69. The standard InChI is InChI=1S/C21H21ClN2O2S/c1-13(2)17-6-4-5-7-18(17)24-21(25)20-14(3)23-19(27-20)12-26-16-10-8-15(22)9-11-16/h4-11,13H,12H2,1-3H3,(H,24,25). The topological polar surface area (TPSA) is 51.2 Å². The Kier molecular flexibility index (Phi) is 6.14. The molecule has 1 heterocycles. The Labute approximate surface area is 168 Å². The van der Waals surface area contributed by atoms with Gasteiger partial charge in [-0.1, -0.05) is 43.6 Å². The quantitative estimate of drug-likeness (QED) is 0.547. The van der Waals surface area contributed by atoms with Crippen molar-refractivity contribution in [2.75, 3.05) is 5.32 Å². The van der Waals surface area contributed by atoms with Gasteiger partial charge in [0, 0.05) is 10.7 Å². The Balaban J connectivity index is 1.70. The van der Waals surface area contributed by atoms with Gasteiger partial charge in [-0.3, -0.25) is 4.79 Å². The van der Waals surface area contributed by atoms with E-state index in [1.54, 1.807) is 24.3 Å². The molecule has 0 saturated heterocycles. The number of aryl methyl sites for hydroxylation is 1. The second-order valence-corrected chi connectivity index (χ2v) is 7.98. The van der Waals surface area contributed by atoms with Gasteiger partial charge >= 0.3 is 0 Å². The summed E-state index contributed by atoms with van der Waals surface area (Å²) in [5, 5.41) is 4.43. The lowest BCUT2D eigenvalue weighted by Gasteiger charge is -2.13. The number of aromatic nitrogens is 1. The van der Waals surface area contributed by atoms with Crippen LogP contribution < -0.4 is 10.1 Å². The Morgan fingerprint density at radius 2 is 1.89 bits per heavy atom. The van der Waals surface area contributed by atoms with Gasteiger partial charge in [-0.25, -0.2) is 4.98 Å². The lowest BCUT2D eigenvalue weighted by Crippen LogP contribution is -2.13. The van der Waals surface area contributed by atoms with E-state index in [9.17, 15) is 4.79 Å². The Hall–Kier alpha value is -2.37. The molecule has 0 aliphatic heterocycles. The van der Waals surface area contributed by atoms with Crippen LogP contribution >= 0.6 is 22.9 Å². The van der Waals surface area contributed by atoms with Crippen molar-refractivity contribution < 1.29 is 9.53 Å². The number of amides is 1. The van der Waals surface area contributed by atoms with Gasteiger partial charge in [0.1, 0.15) is 22.2 Å². The molecule has 0 atom stereocenters. The molecule has 4 nitrogen and oxygen atoms in total. The zero-order valence-corrected chi connectivity index (χ0v) is 17.0. The molecule has 6 heteroatoms. The zero-order valence-electron chi connectivity index (χ0n) is 15.5. The molecule has 0 aliphatic carbocycles. The maximum absolute atomic E-state index is 12.7. The van der Waals surface area contributed by atoms with E-state index in [-0.39, 0.29) is 5.91 Å². The summed E-state index contributed by atoms with van der Waals surface area (Å²) >= 11 is 7.22. The molecule has 1 aromatic heterocycles. The molecule has 0 spiro atoms. The average Bonchev–Trinajstić information content (AvgIpc) is 3.02. The predicted octanol–water partition coefficient (Wildman–Crippen LogP) is 6.06. The van der Waals surface area contributed by atoms with Crippen molar-refractivity contribution in [1.82, 2.24) is 4.98 Å². The van der Waals surface area contributed by atoms with Crippen LogP contribution in [0, 0.1) is 6.92 Å². The summed E-state index contributed by atoms with van der Waals surface area (Å²) in [4.78, 5) is 17.8. The summed E-state index contributed by atoms with van der Waals surface area (Å²) < 4.78 is 5.72. The highest BCUT2D eigenvalue weighted by molar-refractivity contribution is 7.13. The first-order valence-electron chi connectivity index (χ1n) is 8.69. The Bertz CT molecular complexity index is 936. The van der Waals surface area contributed by atoms with Gasteiger partial charge in [-0.2, -0.15) is 0 Å². The second kappa shape index (κ2) is 8.55. The highest BCUT2D eigenvalue weighted by Gasteiger charge is 2.17. The summed E-state index contributed by atoms with van der Waals surface area (Å²) in [5.41, 5.74) is 2.65. The van der Waals surface area contributed by atoms with E-state index in [1.165, 1.54) is 11.3 Å². The van der Waals surface area contributed by atoms with Crippen LogP contribution in [0.1, 0.15) is 45.7 Å². The van der Waals surface area contributed by atoms with Gasteiger partial charge in [0.2, 0.25) is 0 Å². The Morgan fingerprint density at radius 3 is 2.59 bits per heavy atom. The molecule has 0 radical (unpaired) electrons. The molecular weight excluding hydrogens is 380 g/mol. The third-order valence-corrected chi connectivity index (χ3v) is 5.44. The maximum atomic E-state index is 12.7. The number of halogens is 1. The Morgan fingerprint density at radius 1 is 1.19 bits per heavy atom. The summed E-state index contributed by atoms with van der Waals surface area (Å²) in [6.45, 7) is 6.36. The fraction of sp³-hybridized carbons (Fsp3) is 0.238. The minimum absolute atomic E-state index is 0.143. The van der Waals surface area contributed by atoms with Gasteiger partial charge in [0.05, 0.1) is 5.69 Å². The molecule has 0 unspecified atom stereocenters. The lowest BCUT2D eigenvalue weighted by atomic mass is 10.0. The van der Waals surface area contributed by atoms with Crippen LogP contribution in [-0.4, -0.2) is 10.9 Å². The van der Waals surface area contributed by atoms with Gasteiger partial charge < -0.3 is 10.1 Å². The van der Waals surface area contributed by atoms with Gasteiger partial charge in [0.15, 0.2) is 0 Å². The highest BCUT2D eigenvalue weighted by Crippen LogP contribution is 2.26. The molecule has 3 rings (SSSR count). The van der Waals surface area contributed by atoms with Crippen molar-refractivity contribution in [2.45, 2.75) is 33.3 Å². The SMILES string of the molecule is Cc1nc(COc2ccc(Cl)cc2)sc1C(=O)Nc1ccccc1C(C)C. The van der Waals surface area contributed by atoms with Crippen LogP contribution in [0.5, 0.6) is 5.75 Å². The number of thiazole rings is 1. The van der Waals surface area contributed by atoms with Crippen LogP contribution in [0.3, 0.4) is 0 Å². The molecular formula is C21H21ClN2O2S. The first-order chi connectivity index (χ1) is 12.9. The maximum Gasteiger partial charge on any atom is 0.267 e. The second-order valence-electron chi connectivity index (χ2n) is 6.46. The smallest absolute Gasteiger partial charge is 0.267 e. The molecule has 0 fully saturated rings. The summed E-state index contributed by atoms with van der Waals surface area (Å²) in [5.74, 6) is 0.896. The number of nitrogens with one attached hydrogen (secondary N) is 1. The number of carbonyl (C=O) groups is 1. The molecule has 0 bridgehead atoms. The number of ether oxygens (including phenoxy) is 1. The van der Waals surface area contributed by atoms with Crippen molar-refractivity contribution in [2.24, 2.45) is 0 Å². The van der Waals surface area contributed by atoms with Crippen molar-refractivity contribution in [3.05, 3.63) is 74.7 Å². The summed E-state index contributed by atoms with van der Waals surface area (Å²) in [6.07, 6.45) is 0. The molecule has 0 aliphatic rings. The van der Waals surface area contributed by atoms with E-state index in [0.717, 1.165) is 16.3 Å². The third kappa shape index (κ3) is 4.87. The van der Waals surface area contributed by atoms with Crippen LogP contribution in [0.2, 0.25) is 5.02 Å². The van der Waals surface area contributed by atoms with Crippen LogP contribution in [0.4, 0.5) is 5.69 Å². The third-order valence-electron chi connectivity index (χ3n) is 4.05. The number of hydrogen-bond acceptors (Lipinski definition) is 4. The number of nitrogens with zero attached hydrogens (tertiary/aromatic N) is 1. The number of carbonyl (C=O) groups excluding carboxylic acids is 1. The molecule has 1 N–H and O–H groups in total. The molecule has 27 heavy (non-hydrogen) atoms. The van der Waals surface area contributed by atoms with Crippen molar-refractivity contribution in [1.29, 1.82) is 0 Å². The molecule has 0 saturated carbocycles. The van der Waals surface area contributed by atoms with Crippen LogP contribution in [-0.2, 0) is 6.61 Å². The molecule has 140 valence electrons. The van der Waals surface area contributed by atoms with Crippen LogP contribution in [0.25, 0.3) is 0 Å². The highest BCUT2D eigenvalue weighted by atomic mass is 35.5. The lowest BCUT2D eigenvalue weighted by molar-refractivity contribution is 0.102. The van der Waals surface area contributed by atoms with E-state index in [2.05, 4.69) is 24.1 Å². The normalized spacial score (nSPS) is 10.9. The van der Waals surface area contributed by atoms with E-state index in [4.69, 9.17) is 16.3 Å². The predicted molar refractivity (Wildman–Crippen MR) is 111 cm³/mol. The van der Waals surface area contributed by atoms with E-state index < -0.39 is 0 Å². The first kappa shape index (κ1) is 19.4. The molecule has 1 amide bonds. The van der Waals surface area contributed by atoms with Crippen LogP contribution in [0.15, 0.2) is 48.5 Å². The minimum Gasteiger partial charge on any atom is -0.486 e. The monoisotopic (exact) mass is 400 g/mol.